The SMILES string of the molecule is C=CS(=O)(=O)NC1CCN(C(=O)CNc2cc(OC)c(Cl)cc2I)CC1. The number of ether oxygens (including phenoxy) is 1. The zero-order valence-electron chi connectivity index (χ0n) is 14.3. The molecule has 10 heteroatoms. The van der Waals surface area contributed by atoms with E-state index in [1.807, 2.05) is 0 Å². The molecule has 0 unspecified atom stereocenters. The highest BCUT2D eigenvalue weighted by molar-refractivity contribution is 14.1. The predicted octanol–water partition coefficient (Wildman–Crippen LogP) is 2.42. The van der Waals surface area contributed by atoms with Gasteiger partial charge in [-0.15, -0.1) is 0 Å². The van der Waals surface area contributed by atoms with E-state index < -0.39 is 10.0 Å². The van der Waals surface area contributed by atoms with Crippen LogP contribution in [0.4, 0.5) is 5.69 Å². The van der Waals surface area contributed by atoms with E-state index in [2.05, 4.69) is 39.2 Å². The minimum atomic E-state index is -3.44. The second kappa shape index (κ2) is 9.25. The number of rotatable bonds is 7. The summed E-state index contributed by atoms with van der Waals surface area (Å²) in [7, 11) is -1.91. The van der Waals surface area contributed by atoms with Gasteiger partial charge in [0.2, 0.25) is 15.9 Å². The van der Waals surface area contributed by atoms with Gasteiger partial charge >= 0.3 is 0 Å². The minimum Gasteiger partial charge on any atom is -0.495 e. The van der Waals surface area contributed by atoms with Crippen molar-refractivity contribution in [2.45, 2.75) is 18.9 Å². The molecule has 144 valence electrons. The molecule has 0 bridgehead atoms. The number of carbonyl (C=O) groups excluding carboxylic acids is 1. The molecule has 0 radical (unpaired) electrons. The molecule has 0 atom stereocenters. The van der Waals surface area contributed by atoms with Gasteiger partial charge in [0.25, 0.3) is 0 Å². The number of sulfonamides is 1. The molecule has 1 saturated heterocycles. The maximum absolute atomic E-state index is 12.4. The number of hydrogen-bond donors (Lipinski definition) is 2. The number of methoxy groups -OCH3 is 1. The molecule has 2 N–H and O–H groups in total. The van der Waals surface area contributed by atoms with Crippen LogP contribution in [0.2, 0.25) is 5.02 Å². The van der Waals surface area contributed by atoms with Crippen LogP contribution in [-0.2, 0) is 14.8 Å². The molecule has 7 nitrogen and oxygen atoms in total. The van der Waals surface area contributed by atoms with Crippen LogP contribution in [0.25, 0.3) is 0 Å². The van der Waals surface area contributed by atoms with Crippen molar-refractivity contribution in [3.05, 3.63) is 32.7 Å². The third-order valence-corrected chi connectivity index (χ3v) is 6.36. The largest absolute Gasteiger partial charge is 0.495 e. The third-order valence-electron chi connectivity index (χ3n) is 4.07. The lowest BCUT2D eigenvalue weighted by molar-refractivity contribution is -0.130. The molecule has 1 aliphatic rings. The molecule has 0 aromatic heterocycles. The Morgan fingerprint density at radius 2 is 2.12 bits per heavy atom. The maximum atomic E-state index is 12.4. The van der Waals surface area contributed by atoms with Crippen LogP contribution in [0.3, 0.4) is 0 Å². The third kappa shape index (κ3) is 5.73. The standard InChI is InChI=1S/C16H21ClIN3O4S/c1-3-26(23,24)20-11-4-6-21(7-5-11)16(22)10-19-14-9-15(25-2)12(17)8-13(14)18/h3,8-9,11,19-20H,1,4-7,10H2,2H3. The summed E-state index contributed by atoms with van der Waals surface area (Å²) in [6.07, 6.45) is 1.15. The maximum Gasteiger partial charge on any atom is 0.241 e. The van der Waals surface area contributed by atoms with Crippen molar-refractivity contribution in [2.75, 3.05) is 32.1 Å². The van der Waals surface area contributed by atoms with E-state index in [1.165, 1.54) is 7.11 Å². The Hall–Kier alpha value is -1.04. The van der Waals surface area contributed by atoms with E-state index in [-0.39, 0.29) is 18.5 Å². The van der Waals surface area contributed by atoms with E-state index in [0.29, 0.717) is 36.7 Å². The van der Waals surface area contributed by atoms with Gasteiger partial charge in [-0.25, -0.2) is 13.1 Å². The van der Waals surface area contributed by atoms with Gasteiger partial charge in [-0.3, -0.25) is 4.79 Å². The number of anilines is 1. The summed E-state index contributed by atoms with van der Waals surface area (Å²) < 4.78 is 31.7. The van der Waals surface area contributed by atoms with Crippen molar-refractivity contribution < 1.29 is 17.9 Å². The minimum absolute atomic E-state index is 0.0419. The number of nitrogens with one attached hydrogen (secondary N) is 2. The highest BCUT2D eigenvalue weighted by atomic mass is 127. The summed E-state index contributed by atoms with van der Waals surface area (Å²) in [6.45, 7) is 4.43. The van der Waals surface area contributed by atoms with Crippen molar-refractivity contribution in [2.24, 2.45) is 0 Å². The molecule has 26 heavy (non-hydrogen) atoms. The molecule has 1 amide bonds. The first-order valence-corrected chi connectivity index (χ1v) is 11.0. The average molecular weight is 514 g/mol. The first-order chi connectivity index (χ1) is 12.3. The van der Waals surface area contributed by atoms with Gasteiger partial charge in [-0.1, -0.05) is 18.2 Å². The van der Waals surface area contributed by atoms with E-state index in [9.17, 15) is 13.2 Å². The second-order valence-corrected chi connectivity index (χ2v) is 9.03. The summed E-state index contributed by atoms with van der Waals surface area (Å²) in [4.78, 5) is 14.1. The Labute approximate surface area is 172 Å². The fourth-order valence-corrected chi connectivity index (χ4v) is 4.51. The first kappa shape index (κ1) is 21.3. The Bertz CT molecular complexity index is 780. The Balaban J connectivity index is 1.87. The van der Waals surface area contributed by atoms with Crippen LogP contribution in [0, 0.1) is 3.57 Å². The summed E-state index contributed by atoms with van der Waals surface area (Å²) in [5.74, 6) is 0.497. The molecular formula is C16H21ClIN3O4S. The zero-order valence-corrected chi connectivity index (χ0v) is 18.0. The van der Waals surface area contributed by atoms with Gasteiger partial charge < -0.3 is 15.0 Å². The summed E-state index contributed by atoms with van der Waals surface area (Å²) in [5.41, 5.74) is 0.772. The quantitative estimate of drug-likeness (QED) is 0.547. The number of likely N-dealkylation sites (tertiary alicyclic amines) is 1. The monoisotopic (exact) mass is 513 g/mol. The fraction of sp³-hybridized carbons (Fsp3) is 0.438. The fourth-order valence-electron chi connectivity index (χ4n) is 2.63. The van der Waals surface area contributed by atoms with E-state index >= 15 is 0 Å². The normalized spacial score (nSPS) is 15.6. The molecular weight excluding hydrogens is 493 g/mol. The molecule has 1 fully saturated rings. The summed E-state index contributed by atoms with van der Waals surface area (Å²) in [5, 5.41) is 4.52. The van der Waals surface area contributed by atoms with Crippen LogP contribution in [-0.4, -0.2) is 52.0 Å². The molecule has 0 spiro atoms. The second-order valence-electron chi connectivity index (χ2n) is 5.80. The molecule has 0 saturated carbocycles. The Morgan fingerprint density at radius 3 is 2.69 bits per heavy atom. The lowest BCUT2D eigenvalue weighted by Gasteiger charge is -2.32. The van der Waals surface area contributed by atoms with Gasteiger partial charge in [0.15, 0.2) is 0 Å². The van der Waals surface area contributed by atoms with Crippen LogP contribution in [0.1, 0.15) is 12.8 Å². The van der Waals surface area contributed by atoms with Gasteiger partial charge in [-0.05, 0) is 41.5 Å². The lowest BCUT2D eigenvalue weighted by atomic mass is 10.1. The predicted molar refractivity (Wildman–Crippen MR) is 111 cm³/mol. The average Bonchev–Trinajstić information content (AvgIpc) is 2.61. The smallest absolute Gasteiger partial charge is 0.241 e. The van der Waals surface area contributed by atoms with Crippen molar-refractivity contribution >= 4 is 55.8 Å². The number of halogens is 2. The molecule has 2 rings (SSSR count). The number of benzene rings is 1. The van der Waals surface area contributed by atoms with Crippen molar-refractivity contribution in [1.82, 2.24) is 9.62 Å². The molecule has 1 aromatic rings. The summed E-state index contributed by atoms with van der Waals surface area (Å²) in [6, 6.07) is 3.36. The summed E-state index contributed by atoms with van der Waals surface area (Å²) >= 11 is 8.21. The van der Waals surface area contributed by atoms with Crippen molar-refractivity contribution in [1.29, 1.82) is 0 Å². The van der Waals surface area contributed by atoms with Crippen LogP contribution in [0.5, 0.6) is 5.75 Å². The Kier molecular flexibility index (Phi) is 7.56. The molecule has 1 aliphatic heterocycles. The van der Waals surface area contributed by atoms with Crippen molar-refractivity contribution in [3.63, 3.8) is 0 Å². The molecule has 0 aliphatic carbocycles. The molecule has 1 aromatic carbocycles. The zero-order chi connectivity index (χ0) is 19.3. The van der Waals surface area contributed by atoms with Gasteiger partial charge in [-0.2, -0.15) is 0 Å². The first-order valence-electron chi connectivity index (χ1n) is 7.95. The highest BCUT2D eigenvalue weighted by Crippen LogP contribution is 2.31. The number of piperidine rings is 1. The topological polar surface area (TPSA) is 87.7 Å². The van der Waals surface area contributed by atoms with Crippen LogP contribution < -0.4 is 14.8 Å². The highest BCUT2D eigenvalue weighted by Gasteiger charge is 2.24. The molecule has 1 heterocycles. The van der Waals surface area contributed by atoms with E-state index in [1.54, 1.807) is 17.0 Å². The number of nitrogens with zero attached hydrogens (tertiary/aromatic N) is 1. The van der Waals surface area contributed by atoms with E-state index in [4.69, 9.17) is 16.3 Å². The number of hydrogen-bond acceptors (Lipinski definition) is 5. The number of carbonyl (C=O) groups is 1. The van der Waals surface area contributed by atoms with Gasteiger partial charge in [0.1, 0.15) is 5.75 Å². The Morgan fingerprint density at radius 1 is 1.46 bits per heavy atom. The van der Waals surface area contributed by atoms with Crippen molar-refractivity contribution in [3.8, 4) is 5.75 Å². The van der Waals surface area contributed by atoms with E-state index in [0.717, 1.165) is 14.7 Å². The van der Waals surface area contributed by atoms with Gasteiger partial charge in [0.05, 0.1) is 24.4 Å². The van der Waals surface area contributed by atoms with Crippen LogP contribution in [0.15, 0.2) is 24.1 Å². The van der Waals surface area contributed by atoms with Gasteiger partial charge in [0, 0.05) is 34.2 Å². The lowest BCUT2D eigenvalue weighted by Crippen LogP contribution is -2.47. The van der Waals surface area contributed by atoms with Crippen LogP contribution >= 0.6 is 34.2 Å². The number of amides is 1.